The third-order valence-corrected chi connectivity index (χ3v) is 3.93. The Morgan fingerprint density at radius 1 is 1.27 bits per heavy atom. The number of halogens is 5. The van der Waals surface area contributed by atoms with E-state index >= 15 is 0 Å². The normalized spacial score (nSPS) is 18.7. The van der Waals surface area contributed by atoms with E-state index in [2.05, 4.69) is 0 Å². The Balaban J connectivity index is 2.21. The molecule has 0 radical (unpaired) electrons. The highest BCUT2D eigenvalue weighted by Gasteiger charge is 2.62. The molecule has 2 nitrogen and oxygen atoms in total. The van der Waals surface area contributed by atoms with E-state index in [4.69, 9.17) is 4.74 Å². The monoisotopic (exact) mass is 322 g/mol. The maximum absolute atomic E-state index is 13.1. The van der Waals surface area contributed by atoms with Crippen LogP contribution < -0.4 is 4.74 Å². The second-order valence-electron chi connectivity index (χ2n) is 5.35. The minimum atomic E-state index is -5.85. The topological polar surface area (TPSA) is 26.3 Å². The lowest BCUT2D eigenvalue weighted by Gasteiger charge is -2.27. The minimum Gasteiger partial charge on any atom is -0.497 e. The molecule has 0 N–H and O–H groups in total. The number of benzene rings is 1. The Bertz CT molecular complexity index is 566. The zero-order valence-corrected chi connectivity index (χ0v) is 11.8. The lowest BCUT2D eigenvalue weighted by Crippen LogP contribution is -2.44. The number of ether oxygens (including phenoxy) is 1. The van der Waals surface area contributed by atoms with Crippen LogP contribution in [0.4, 0.5) is 22.0 Å². The van der Waals surface area contributed by atoms with Crippen LogP contribution in [0.25, 0.3) is 0 Å². The molecule has 0 saturated carbocycles. The van der Waals surface area contributed by atoms with Crippen LogP contribution >= 0.6 is 0 Å². The fourth-order valence-electron chi connectivity index (χ4n) is 2.74. The van der Waals surface area contributed by atoms with Crippen LogP contribution in [0, 0.1) is 0 Å². The molecule has 1 aliphatic carbocycles. The predicted molar refractivity (Wildman–Crippen MR) is 69.3 cm³/mol. The molecule has 1 atom stereocenters. The van der Waals surface area contributed by atoms with E-state index in [9.17, 15) is 26.7 Å². The second-order valence-corrected chi connectivity index (χ2v) is 5.35. The molecular weight excluding hydrogens is 307 g/mol. The summed E-state index contributed by atoms with van der Waals surface area (Å²) in [5.74, 6) is -7.40. The van der Waals surface area contributed by atoms with E-state index in [0.29, 0.717) is 30.6 Å². The number of Topliss-reactive ketones (excluding diaryl/α,β-unsaturated/α-hetero) is 1. The van der Waals surface area contributed by atoms with Crippen molar-refractivity contribution in [3.05, 3.63) is 29.3 Å². The molecule has 1 aromatic rings. The number of carbonyl (C=O) groups is 1. The summed E-state index contributed by atoms with van der Waals surface area (Å²) in [6.07, 6.45) is -4.92. The van der Waals surface area contributed by atoms with Crippen LogP contribution in [-0.2, 0) is 11.2 Å². The SMILES string of the molecule is COc1ccc2c(c1)CCCC2CC(=O)C(F)(F)C(F)(F)F. The van der Waals surface area contributed by atoms with Gasteiger partial charge in [-0.15, -0.1) is 0 Å². The Morgan fingerprint density at radius 2 is 1.95 bits per heavy atom. The molecule has 0 bridgehead atoms. The largest absolute Gasteiger partial charge is 0.497 e. The molecular formula is C15H15F5O2. The van der Waals surface area contributed by atoms with Crippen molar-refractivity contribution in [3.8, 4) is 5.75 Å². The average Bonchev–Trinajstić information content (AvgIpc) is 2.45. The summed E-state index contributed by atoms with van der Waals surface area (Å²) in [5, 5.41) is 0. The molecule has 0 aliphatic heterocycles. The van der Waals surface area contributed by atoms with Gasteiger partial charge in [0, 0.05) is 6.42 Å². The van der Waals surface area contributed by atoms with Gasteiger partial charge in [-0.2, -0.15) is 22.0 Å². The first kappa shape index (κ1) is 16.7. The smallest absolute Gasteiger partial charge is 0.461 e. The predicted octanol–water partition coefficient (Wildman–Crippen LogP) is 4.27. The van der Waals surface area contributed by atoms with Gasteiger partial charge in [0.15, 0.2) is 0 Å². The van der Waals surface area contributed by atoms with Crippen LogP contribution in [-0.4, -0.2) is 25.0 Å². The third-order valence-electron chi connectivity index (χ3n) is 3.93. The number of hydrogen-bond acceptors (Lipinski definition) is 2. The average molecular weight is 322 g/mol. The summed E-state index contributed by atoms with van der Waals surface area (Å²) in [5.41, 5.74) is 1.48. The van der Waals surface area contributed by atoms with Crippen molar-refractivity contribution in [3.63, 3.8) is 0 Å². The van der Waals surface area contributed by atoms with Gasteiger partial charge in [-0.05, 0) is 48.4 Å². The first-order valence-corrected chi connectivity index (χ1v) is 6.81. The van der Waals surface area contributed by atoms with E-state index in [1.54, 1.807) is 18.2 Å². The van der Waals surface area contributed by atoms with Crippen molar-refractivity contribution in [1.82, 2.24) is 0 Å². The zero-order valence-electron chi connectivity index (χ0n) is 11.8. The highest BCUT2D eigenvalue weighted by atomic mass is 19.4. The summed E-state index contributed by atoms with van der Waals surface area (Å²) < 4.78 is 68.0. The summed E-state index contributed by atoms with van der Waals surface area (Å²) >= 11 is 0. The molecule has 0 amide bonds. The lowest BCUT2D eigenvalue weighted by molar-refractivity contribution is -0.268. The maximum atomic E-state index is 13.1. The van der Waals surface area contributed by atoms with Crippen molar-refractivity contribution in [2.24, 2.45) is 0 Å². The van der Waals surface area contributed by atoms with Crippen molar-refractivity contribution in [1.29, 1.82) is 0 Å². The molecule has 0 saturated heterocycles. The number of hydrogen-bond donors (Lipinski definition) is 0. The highest BCUT2D eigenvalue weighted by molar-refractivity contribution is 5.87. The van der Waals surface area contributed by atoms with Gasteiger partial charge < -0.3 is 4.74 Å². The molecule has 1 unspecified atom stereocenters. The number of carbonyl (C=O) groups excluding carboxylic acids is 1. The van der Waals surface area contributed by atoms with Crippen LogP contribution in [0.5, 0.6) is 5.75 Å². The summed E-state index contributed by atoms with van der Waals surface area (Å²) in [6.45, 7) is 0. The number of methoxy groups -OCH3 is 1. The van der Waals surface area contributed by atoms with Gasteiger partial charge in [0.25, 0.3) is 0 Å². The number of ketones is 1. The van der Waals surface area contributed by atoms with Crippen molar-refractivity contribution >= 4 is 5.78 Å². The van der Waals surface area contributed by atoms with E-state index in [1.165, 1.54) is 7.11 Å². The molecule has 2 rings (SSSR count). The van der Waals surface area contributed by atoms with Gasteiger partial charge in [-0.25, -0.2) is 0 Å². The summed E-state index contributed by atoms with van der Waals surface area (Å²) in [4.78, 5) is 11.4. The Morgan fingerprint density at radius 3 is 2.55 bits per heavy atom. The molecule has 7 heteroatoms. The van der Waals surface area contributed by atoms with Gasteiger partial charge in [0.1, 0.15) is 5.75 Å². The molecule has 0 heterocycles. The summed E-state index contributed by atoms with van der Waals surface area (Å²) in [6, 6.07) is 4.98. The van der Waals surface area contributed by atoms with E-state index < -0.39 is 30.2 Å². The van der Waals surface area contributed by atoms with E-state index in [-0.39, 0.29) is 0 Å². The van der Waals surface area contributed by atoms with Crippen LogP contribution in [0.1, 0.15) is 36.3 Å². The molecule has 0 aromatic heterocycles. The second kappa shape index (κ2) is 5.85. The Hall–Kier alpha value is -1.66. The van der Waals surface area contributed by atoms with Crippen LogP contribution in [0.2, 0.25) is 0 Å². The maximum Gasteiger partial charge on any atom is 0.461 e. The van der Waals surface area contributed by atoms with Gasteiger partial charge in [-0.1, -0.05) is 6.07 Å². The van der Waals surface area contributed by atoms with Crippen molar-refractivity contribution < 1.29 is 31.5 Å². The molecule has 122 valence electrons. The van der Waals surface area contributed by atoms with Crippen LogP contribution in [0.15, 0.2) is 18.2 Å². The highest BCUT2D eigenvalue weighted by Crippen LogP contribution is 2.41. The van der Waals surface area contributed by atoms with Gasteiger partial charge in [-0.3, -0.25) is 4.79 Å². The molecule has 1 aliphatic rings. The van der Waals surface area contributed by atoms with Gasteiger partial charge in [0.2, 0.25) is 5.78 Å². The number of alkyl halides is 5. The minimum absolute atomic E-state index is 0.416. The van der Waals surface area contributed by atoms with Gasteiger partial charge >= 0.3 is 12.1 Å². The van der Waals surface area contributed by atoms with Crippen LogP contribution in [0.3, 0.4) is 0 Å². The first-order chi connectivity index (χ1) is 10.2. The Labute approximate surface area is 124 Å². The van der Waals surface area contributed by atoms with Gasteiger partial charge in [0.05, 0.1) is 7.11 Å². The molecule has 22 heavy (non-hydrogen) atoms. The summed E-state index contributed by atoms with van der Waals surface area (Å²) in [7, 11) is 1.48. The number of fused-ring (bicyclic) bond motifs is 1. The fraction of sp³-hybridized carbons (Fsp3) is 0.533. The number of aryl methyl sites for hydroxylation is 1. The van der Waals surface area contributed by atoms with E-state index in [1.807, 2.05) is 0 Å². The van der Waals surface area contributed by atoms with E-state index in [0.717, 1.165) is 5.56 Å². The van der Waals surface area contributed by atoms with Crippen molar-refractivity contribution in [2.75, 3.05) is 7.11 Å². The van der Waals surface area contributed by atoms with Crippen molar-refractivity contribution in [2.45, 2.75) is 43.7 Å². The zero-order chi connectivity index (χ0) is 16.5. The lowest BCUT2D eigenvalue weighted by atomic mass is 9.79. The quantitative estimate of drug-likeness (QED) is 0.774. The Kier molecular flexibility index (Phi) is 4.44. The third kappa shape index (κ3) is 3.08. The fourth-order valence-corrected chi connectivity index (χ4v) is 2.74. The molecule has 0 spiro atoms. The first-order valence-electron chi connectivity index (χ1n) is 6.81. The molecule has 1 aromatic carbocycles. The number of rotatable bonds is 4. The standard InChI is InChI=1S/C15H15F5O2/c1-22-11-5-6-12-9(7-11)3-2-4-10(12)8-13(21)14(16,17)15(18,19)20/h5-7,10H,2-4,8H2,1H3. The molecule has 0 fully saturated rings.